The highest BCUT2D eigenvalue weighted by Crippen LogP contribution is 2.43. The van der Waals surface area contributed by atoms with Crippen molar-refractivity contribution in [1.29, 1.82) is 5.26 Å². The third kappa shape index (κ3) is 5.89. The van der Waals surface area contributed by atoms with Crippen LogP contribution in [0, 0.1) is 22.7 Å². The molecule has 2 rings (SSSR count). The molecule has 0 radical (unpaired) electrons. The Morgan fingerprint density at radius 3 is 2.17 bits per heavy atom. The van der Waals surface area contributed by atoms with Crippen LogP contribution in [0.1, 0.15) is 73.3 Å². The number of halogens is 1. The third-order valence-corrected chi connectivity index (χ3v) is 4.96. The van der Waals surface area contributed by atoms with Gasteiger partial charge in [-0.05, 0) is 56.2 Å². The monoisotopic (exact) mass is 428 g/mol. The van der Waals surface area contributed by atoms with Gasteiger partial charge in [-0.2, -0.15) is 5.26 Å². The molecule has 1 aromatic rings. The lowest BCUT2D eigenvalue weighted by molar-refractivity contribution is -0.150. The van der Waals surface area contributed by atoms with Gasteiger partial charge in [0.25, 0.3) is 0 Å². The zero-order chi connectivity index (χ0) is 22.9. The van der Waals surface area contributed by atoms with Crippen LogP contribution in [-0.2, 0) is 9.53 Å². The molecule has 0 saturated carbocycles. The van der Waals surface area contributed by atoms with Crippen LogP contribution in [-0.4, -0.2) is 11.6 Å². The molecule has 162 valence electrons. The lowest BCUT2D eigenvalue weighted by atomic mass is 9.76. The van der Waals surface area contributed by atoms with Crippen molar-refractivity contribution in [3.05, 3.63) is 57.4 Å². The van der Waals surface area contributed by atoms with E-state index in [1.807, 2.05) is 46.8 Å². The van der Waals surface area contributed by atoms with Gasteiger partial charge in [-0.25, -0.2) is 4.79 Å². The largest absolute Gasteiger partial charge is 0.457 e. The van der Waals surface area contributed by atoms with Gasteiger partial charge in [0.2, 0.25) is 0 Å². The molecule has 1 aliphatic heterocycles. The first-order chi connectivity index (χ1) is 13.7. The van der Waals surface area contributed by atoms with E-state index >= 15 is 0 Å². The number of ether oxygens (including phenoxy) is 1. The number of allylic oxidation sites excluding steroid dienone is 3. The van der Waals surface area contributed by atoms with Crippen molar-refractivity contribution in [2.45, 2.75) is 73.3 Å². The number of benzene rings is 1. The number of hydrogen-bond donors (Lipinski definition) is 1. The summed E-state index contributed by atoms with van der Waals surface area (Å²) in [7, 11) is 0. The van der Waals surface area contributed by atoms with E-state index in [0.29, 0.717) is 22.6 Å². The van der Waals surface area contributed by atoms with Crippen LogP contribution in [0.2, 0.25) is 5.02 Å². The molecule has 0 saturated heterocycles. The molecule has 0 amide bonds. The summed E-state index contributed by atoms with van der Waals surface area (Å²) in [5.74, 6) is -0.850. The number of carbonyl (C=O) groups excluding carboxylic acids is 1. The second kappa shape index (κ2) is 8.86. The van der Waals surface area contributed by atoms with E-state index in [1.165, 1.54) is 0 Å². The van der Waals surface area contributed by atoms with Gasteiger partial charge in [0.05, 0.1) is 23.1 Å². The van der Waals surface area contributed by atoms with Gasteiger partial charge in [0, 0.05) is 16.4 Å². The fraction of sp³-hybridized carbons (Fsp3) is 0.520. The quantitative estimate of drug-likeness (QED) is 0.556. The van der Waals surface area contributed by atoms with E-state index in [2.05, 4.69) is 32.2 Å². The maximum Gasteiger partial charge on any atom is 0.337 e. The molecule has 0 fully saturated rings. The Morgan fingerprint density at radius 1 is 1.17 bits per heavy atom. The number of rotatable bonds is 4. The molecule has 5 heteroatoms. The second-order valence-electron chi connectivity index (χ2n) is 10.3. The molecule has 1 heterocycles. The molecule has 1 aromatic carbocycles. The normalized spacial score (nSPS) is 17.7. The summed E-state index contributed by atoms with van der Waals surface area (Å²) >= 11 is 6.11. The van der Waals surface area contributed by atoms with Gasteiger partial charge in [-0.3, -0.25) is 0 Å². The lowest BCUT2D eigenvalue weighted by Gasteiger charge is -2.35. The predicted molar refractivity (Wildman–Crippen MR) is 122 cm³/mol. The summed E-state index contributed by atoms with van der Waals surface area (Å²) in [6, 6.07) is 9.73. The van der Waals surface area contributed by atoms with Crippen molar-refractivity contribution in [3.8, 4) is 6.07 Å². The molecule has 0 bridgehead atoms. The third-order valence-electron chi connectivity index (χ3n) is 4.71. The van der Waals surface area contributed by atoms with E-state index in [4.69, 9.17) is 16.3 Å². The Kier molecular flexibility index (Phi) is 7.09. The first-order valence-electron chi connectivity index (χ1n) is 10.4. The Hall–Kier alpha value is -2.25. The smallest absolute Gasteiger partial charge is 0.337 e. The molecule has 1 aliphatic rings. The number of nitrogens with zero attached hydrogens (tertiary/aromatic N) is 1. The molecule has 30 heavy (non-hydrogen) atoms. The van der Waals surface area contributed by atoms with Crippen LogP contribution in [0.4, 0.5) is 0 Å². The average molecular weight is 429 g/mol. The first kappa shape index (κ1) is 24.0. The number of hydrogen-bond acceptors (Lipinski definition) is 4. The molecule has 0 aromatic heterocycles. The van der Waals surface area contributed by atoms with E-state index in [-0.39, 0.29) is 11.3 Å². The molecule has 0 spiro atoms. The number of nitriles is 1. The molecule has 0 aliphatic carbocycles. The number of dihydropyridines is 1. The maximum atomic E-state index is 13.4. The maximum absolute atomic E-state index is 13.4. The number of nitrogens with one attached hydrogen (secondary N) is 1. The molecule has 4 nitrogen and oxygen atoms in total. The zero-order valence-electron chi connectivity index (χ0n) is 19.3. The summed E-state index contributed by atoms with van der Waals surface area (Å²) < 4.78 is 5.77. The minimum Gasteiger partial charge on any atom is -0.457 e. The van der Waals surface area contributed by atoms with Gasteiger partial charge in [0.15, 0.2) is 0 Å². The first-order valence-corrected chi connectivity index (χ1v) is 10.7. The van der Waals surface area contributed by atoms with E-state index in [9.17, 15) is 10.1 Å². The van der Waals surface area contributed by atoms with Crippen molar-refractivity contribution in [2.24, 2.45) is 11.3 Å². The number of carbonyl (C=O) groups is 1. The SMILES string of the molecule is CC(C)C1=C(C(=O)OC(C)(C)C)C(c2ccc(Cl)cc2)C(C#N)=C(CC(C)(C)C)N1. The van der Waals surface area contributed by atoms with Gasteiger partial charge >= 0.3 is 5.97 Å². The van der Waals surface area contributed by atoms with Gasteiger partial charge in [0.1, 0.15) is 5.60 Å². The molecule has 1 N–H and O–H groups in total. The van der Waals surface area contributed by atoms with Crippen LogP contribution >= 0.6 is 11.6 Å². The minimum absolute atomic E-state index is 0.0273. The molecule has 1 unspecified atom stereocenters. The highest BCUT2D eigenvalue weighted by molar-refractivity contribution is 6.30. The summed E-state index contributed by atoms with van der Waals surface area (Å²) in [4.78, 5) is 13.4. The van der Waals surface area contributed by atoms with Crippen molar-refractivity contribution < 1.29 is 9.53 Å². The van der Waals surface area contributed by atoms with Crippen LogP contribution in [0.3, 0.4) is 0 Å². The summed E-state index contributed by atoms with van der Waals surface area (Å²) in [5, 5.41) is 14.2. The van der Waals surface area contributed by atoms with E-state index in [1.54, 1.807) is 12.1 Å². The van der Waals surface area contributed by atoms with Crippen molar-refractivity contribution in [3.63, 3.8) is 0 Å². The minimum atomic E-state index is -0.640. The van der Waals surface area contributed by atoms with E-state index < -0.39 is 17.5 Å². The summed E-state index contributed by atoms with van der Waals surface area (Å²) in [6.45, 7) is 16.0. The van der Waals surface area contributed by atoms with Crippen molar-refractivity contribution >= 4 is 17.6 Å². The highest BCUT2D eigenvalue weighted by atomic mass is 35.5. The summed E-state index contributed by atoms with van der Waals surface area (Å²) in [5.41, 5.74) is 2.90. The fourth-order valence-corrected chi connectivity index (χ4v) is 3.70. The Balaban J connectivity index is 2.76. The Labute approximate surface area is 186 Å². The topological polar surface area (TPSA) is 62.1 Å². The second-order valence-corrected chi connectivity index (χ2v) is 10.8. The van der Waals surface area contributed by atoms with E-state index in [0.717, 1.165) is 17.0 Å². The van der Waals surface area contributed by atoms with Crippen LogP contribution < -0.4 is 5.32 Å². The standard InChI is InChI=1S/C25H33ClN2O2/c1-15(2)22-21(23(29)30-25(6,7)8)20(16-9-11-17(26)12-10-16)18(14-27)19(28-22)13-24(3,4)5/h9-12,15,20,28H,13H2,1-8H3. The van der Waals surface area contributed by atoms with Crippen molar-refractivity contribution in [2.75, 3.05) is 0 Å². The lowest BCUT2D eigenvalue weighted by Crippen LogP contribution is -2.36. The van der Waals surface area contributed by atoms with Gasteiger partial charge < -0.3 is 10.1 Å². The molecular formula is C25H33ClN2O2. The van der Waals surface area contributed by atoms with Crippen LogP contribution in [0.25, 0.3) is 0 Å². The van der Waals surface area contributed by atoms with Gasteiger partial charge in [-0.15, -0.1) is 0 Å². The Bertz CT molecular complexity index is 904. The zero-order valence-corrected chi connectivity index (χ0v) is 20.1. The fourth-order valence-electron chi connectivity index (χ4n) is 3.58. The van der Waals surface area contributed by atoms with Crippen LogP contribution in [0.15, 0.2) is 46.8 Å². The van der Waals surface area contributed by atoms with Crippen LogP contribution in [0.5, 0.6) is 0 Å². The predicted octanol–water partition coefficient (Wildman–Crippen LogP) is 6.49. The number of esters is 1. The highest BCUT2D eigenvalue weighted by Gasteiger charge is 2.39. The summed E-state index contributed by atoms with van der Waals surface area (Å²) in [6.07, 6.45) is 0.692. The molecular weight excluding hydrogens is 396 g/mol. The molecule has 1 atom stereocenters. The van der Waals surface area contributed by atoms with Crippen molar-refractivity contribution in [1.82, 2.24) is 5.32 Å². The van der Waals surface area contributed by atoms with Gasteiger partial charge in [-0.1, -0.05) is 58.4 Å². The Morgan fingerprint density at radius 2 is 1.73 bits per heavy atom. The average Bonchev–Trinajstić information content (AvgIpc) is 2.58.